The highest BCUT2D eigenvalue weighted by Crippen LogP contribution is 2.34. The molecule has 0 aliphatic carbocycles. The van der Waals surface area contributed by atoms with E-state index >= 15 is 0 Å². The highest BCUT2D eigenvalue weighted by molar-refractivity contribution is 7.89. The molecule has 3 heterocycles. The molecule has 0 saturated carbocycles. The number of benzene rings is 2. The average molecular weight is 481 g/mol. The Labute approximate surface area is 198 Å². The zero-order valence-corrected chi connectivity index (χ0v) is 20.1. The lowest BCUT2D eigenvalue weighted by molar-refractivity contribution is 0.369. The Balaban J connectivity index is 1.34. The van der Waals surface area contributed by atoms with E-state index in [9.17, 15) is 12.8 Å². The SMILES string of the molecule is CCCn1cc(S(=O)(=O)N2CC[C](c3cc4cnn(-c5ccc(F)cc5)c4cc3C)CC2)cn1. The van der Waals surface area contributed by atoms with Crippen molar-refractivity contribution in [3.05, 3.63) is 77.9 Å². The van der Waals surface area contributed by atoms with E-state index in [1.165, 1.54) is 24.2 Å². The molecule has 5 rings (SSSR count). The predicted molar refractivity (Wildman–Crippen MR) is 129 cm³/mol. The molecule has 1 aliphatic rings. The summed E-state index contributed by atoms with van der Waals surface area (Å²) in [6.45, 7) is 5.69. The molecule has 7 nitrogen and oxygen atoms in total. The first-order chi connectivity index (χ1) is 16.4. The molecular formula is C25H27FN5O2S. The predicted octanol–water partition coefficient (Wildman–Crippen LogP) is 4.49. The van der Waals surface area contributed by atoms with E-state index in [-0.39, 0.29) is 10.7 Å². The summed E-state index contributed by atoms with van der Waals surface area (Å²) in [5, 5.41) is 9.68. The number of aromatic nitrogens is 4. The molecule has 0 spiro atoms. The molecule has 177 valence electrons. The third-order valence-corrected chi connectivity index (χ3v) is 8.24. The molecule has 0 unspecified atom stereocenters. The van der Waals surface area contributed by atoms with Crippen molar-refractivity contribution in [3.63, 3.8) is 0 Å². The van der Waals surface area contributed by atoms with E-state index in [4.69, 9.17) is 0 Å². The first kappa shape index (κ1) is 22.7. The van der Waals surface area contributed by atoms with Gasteiger partial charge in [-0.1, -0.05) is 6.92 Å². The second-order valence-electron chi connectivity index (χ2n) is 8.71. The average Bonchev–Trinajstić information content (AvgIpc) is 3.47. The van der Waals surface area contributed by atoms with Gasteiger partial charge in [0, 0.05) is 37.1 Å². The number of nitrogens with zero attached hydrogens (tertiary/aromatic N) is 5. The van der Waals surface area contributed by atoms with Gasteiger partial charge in [-0.15, -0.1) is 0 Å². The van der Waals surface area contributed by atoms with Crippen LogP contribution in [0, 0.1) is 18.7 Å². The molecule has 0 N–H and O–H groups in total. The van der Waals surface area contributed by atoms with Crippen LogP contribution in [-0.2, 0) is 16.6 Å². The molecule has 0 atom stereocenters. The van der Waals surface area contributed by atoms with Gasteiger partial charge in [0.05, 0.1) is 23.6 Å². The van der Waals surface area contributed by atoms with Gasteiger partial charge < -0.3 is 0 Å². The largest absolute Gasteiger partial charge is 0.271 e. The Morgan fingerprint density at radius 3 is 2.47 bits per heavy atom. The molecule has 0 amide bonds. The van der Waals surface area contributed by atoms with Crippen molar-refractivity contribution in [3.8, 4) is 5.69 Å². The van der Waals surface area contributed by atoms with Crippen LogP contribution in [0.15, 0.2) is 59.9 Å². The molecule has 2 aromatic heterocycles. The minimum atomic E-state index is -3.54. The second-order valence-corrected chi connectivity index (χ2v) is 10.6. The lowest BCUT2D eigenvalue weighted by Crippen LogP contribution is -2.38. The van der Waals surface area contributed by atoms with Gasteiger partial charge in [0.25, 0.3) is 0 Å². The van der Waals surface area contributed by atoms with Gasteiger partial charge in [0.15, 0.2) is 0 Å². The summed E-state index contributed by atoms with van der Waals surface area (Å²) in [5.74, 6) is 0.972. The van der Waals surface area contributed by atoms with Crippen molar-refractivity contribution in [1.82, 2.24) is 23.9 Å². The van der Waals surface area contributed by atoms with Crippen LogP contribution in [0.3, 0.4) is 0 Å². The quantitative estimate of drug-likeness (QED) is 0.408. The molecule has 1 fully saturated rings. The summed E-state index contributed by atoms with van der Waals surface area (Å²) in [4.78, 5) is 0.259. The Bertz CT molecular complexity index is 1420. The van der Waals surface area contributed by atoms with Crippen molar-refractivity contribution in [2.75, 3.05) is 13.1 Å². The van der Waals surface area contributed by atoms with Crippen LogP contribution >= 0.6 is 0 Å². The Kier molecular flexibility index (Phi) is 5.99. The van der Waals surface area contributed by atoms with Crippen molar-refractivity contribution >= 4 is 20.9 Å². The molecule has 1 saturated heterocycles. The highest BCUT2D eigenvalue weighted by Gasteiger charge is 2.31. The summed E-state index contributed by atoms with van der Waals surface area (Å²) in [5.41, 5.74) is 4.03. The number of halogens is 1. The fourth-order valence-corrected chi connectivity index (χ4v) is 5.99. The number of sulfonamides is 1. The number of hydrogen-bond donors (Lipinski definition) is 0. The van der Waals surface area contributed by atoms with Crippen LogP contribution in [0.4, 0.5) is 4.39 Å². The topological polar surface area (TPSA) is 73.0 Å². The third kappa shape index (κ3) is 4.14. The number of fused-ring (bicyclic) bond motifs is 1. The summed E-state index contributed by atoms with van der Waals surface area (Å²) >= 11 is 0. The highest BCUT2D eigenvalue weighted by atomic mass is 32.2. The van der Waals surface area contributed by atoms with Crippen LogP contribution in [-0.4, -0.2) is 45.4 Å². The minimum Gasteiger partial charge on any atom is -0.271 e. The Morgan fingerprint density at radius 2 is 1.76 bits per heavy atom. The summed E-state index contributed by atoms with van der Waals surface area (Å²) in [6, 6.07) is 10.5. The van der Waals surface area contributed by atoms with E-state index in [0.717, 1.165) is 34.1 Å². The smallest absolute Gasteiger partial charge is 0.246 e. The van der Waals surface area contributed by atoms with Crippen LogP contribution in [0.1, 0.15) is 37.3 Å². The van der Waals surface area contributed by atoms with Gasteiger partial charge in [0.1, 0.15) is 10.7 Å². The minimum absolute atomic E-state index is 0.259. The van der Waals surface area contributed by atoms with Crippen molar-refractivity contribution < 1.29 is 12.8 Å². The molecule has 0 bridgehead atoms. The molecular weight excluding hydrogens is 453 g/mol. The molecule has 1 radical (unpaired) electrons. The molecule has 34 heavy (non-hydrogen) atoms. The van der Waals surface area contributed by atoms with Crippen molar-refractivity contribution in [1.29, 1.82) is 0 Å². The van der Waals surface area contributed by atoms with Gasteiger partial charge in [0.2, 0.25) is 10.0 Å². The zero-order valence-electron chi connectivity index (χ0n) is 19.3. The number of rotatable bonds is 6. The van der Waals surface area contributed by atoms with Gasteiger partial charge in [-0.25, -0.2) is 17.5 Å². The first-order valence-corrected chi connectivity index (χ1v) is 12.9. The standard InChI is InChI=1S/C25H27FN5O2S/c1-3-10-29-17-23(16-27-29)34(32,33)30-11-8-19(9-12-30)24-14-20-15-28-31(25(20)13-18(24)2)22-6-4-21(26)5-7-22/h4-7,13-17H,3,8-12H2,1-2H3. The van der Waals surface area contributed by atoms with Crippen LogP contribution < -0.4 is 0 Å². The summed E-state index contributed by atoms with van der Waals surface area (Å²) in [6.07, 6.45) is 7.14. The third-order valence-electron chi connectivity index (χ3n) is 6.39. The summed E-state index contributed by atoms with van der Waals surface area (Å²) < 4.78 is 44.5. The molecule has 2 aromatic carbocycles. The normalized spacial score (nSPS) is 15.9. The van der Waals surface area contributed by atoms with Gasteiger partial charge in [-0.3, -0.25) is 4.68 Å². The van der Waals surface area contributed by atoms with Crippen LogP contribution in [0.2, 0.25) is 0 Å². The summed E-state index contributed by atoms with van der Waals surface area (Å²) in [7, 11) is -3.54. The maximum absolute atomic E-state index is 13.3. The van der Waals surface area contributed by atoms with E-state index < -0.39 is 10.0 Å². The maximum Gasteiger partial charge on any atom is 0.246 e. The van der Waals surface area contributed by atoms with Crippen molar-refractivity contribution in [2.24, 2.45) is 0 Å². The Hall–Kier alpha value is -3.04. The lowest BCUT2D eigenvalue weighted by Gasteiger charge is -2.31. The van der Waals surface area contributed by atoms with Gasteiger partial charge >= 0.3 is 0 Å². The van der Waals surface area contributed by atoms with Crippen LogP contribution in [0.5, 0.6) is 0 Å². The van der Waals surface area contributed by atoms with E-state index in [1.54, 1.807) is 27.3 Å². The van der Waals surface area contributed by atoms with Crippen LogP contribution in [0.25, 0.3) is 16.6 Å². The van der Waals surface area contributed by atoms with E-state index in [1.807, 2.05) is 17.8 Å². The zero-order chi connectivity index (χ0) is 23.9. The van der Waals surface area contributed by atoms with E-state index in [0.29, 0.717) is 32.5 Å². The number of aryl methyl sites for hydroxylation is 2. The number of piperidine rings is 1. The Morgan fingerprint density at radius 1 is 1.03 bits per heavy atom. The molecule has 4 aromatic rings. The molecule has 1 aliphatic heterocycles. The number of hydrogen-bond acceptors (Lipinski definition) is 4. The fraction of sp³-hybridized carbons (Fsp3) is 0.320. The maximum atomic E-state index is 13.3. The first-order valence-electron chi connectivity index (χ1n) is 11.5. The fourth-order valence-electron chi connectivity index (χ4n) is 4.59. The van der Waals surface area contributed by atoms with Crippen molar-refractivity contribution in [2.45, 2.75) is 44.6 Å². The molecule has 9 heteroatoms. The van der Waals surface area contributed by atoms with E-state index in [2.05, 4.69) is 29.3 Å². The monoisotopic (exact) mass is 480 g/mol. The second kappa shape index (κ2) is 8.96. The van der Waals surface area contributed by atoms with Gasteiger partial charge in [-0.2, -0.15) is 14.5 Å². The lowest BCUT2D eigenvalue weighted by atomic mass is 9.87. The van der Waals surface area contributed by atoms with Gasteiger partial charge in [-0.05, 0) is 73.7 Å².